The van der Waals surface area contributed by atoms with Gasteiger partial charge in [0.05, 0.1) is 0 Å². The number of urea groups is 1. The van der Waals surface area contributed by atoms with E-state index in [-0.39, 0.29) is 6.03 Å². The van der Waals surface area contributed by atoms with E-state index in [1.54, 1.807) is 4.90 Å². The lowest BCUT2D eigenvalue weighted by atomic mass is 9.91. The number of carbonyl (C=O) groups is 1. The van der Waals surface area contributed by atoms with Crippen molar-refractivity contribution in [1.82, 2.24) is 10.6 Å². The summed E-state index contributed by atoms with van der Waals surface area (Å²) in [4.78, 5) is 14.1. The quantitative estimate of drug-likeness (QED) is 0.897. The van der Waals surface area contributed by atoms with E-state index in [2.05, 4.69) is 34.9 Å². The van der Waals surface area contributed by atoms with E-state index in [9.17, 15) is 4.79 Å². The highest BCUT2D eigenvalue weighted by atomic mass is 16.2. The molecule has 0 spiro atoms. The molecule has 1 unspecified atom stereocenters. The standard InChI is InChI=1S/C19H25N3O/c1-22(19(23)21-17-9-3-2-4-10-17)18-11-5-7-15(13-18)16-8-6-12-20-14-16/h3,5,7,9-11,13,16,20H,2,4,6,8,12,14H2,1H3,(H,21,23). The number of hydrogen-bond donors (Lipinski definition) is 2. The first-order chi connectivity index (χ1) is 11.2. The Labute approximate surface area is 138 Å². The average Bonchev–Trinajstić information content (AvgIpc) is 2.63. The second kappa shape index (κ2) is 7.47. The molecule has 0 saturated carbocycles. The van der Waals surface area contributed by atoms with E-state index in [1.165, 1.54) is 18.4 Å². The summed E-state index contributed by atoms with van der Waals surface area (Å²) >= 11 is 0. The van der Waals surface area contributed by atoms with E-state index < -0.39 is 0 Å². The lowest BCUT2D eigenvalue weighted by Gasteiger charge is -2.25. The fourth-order valence-corrected chi connectivity index (χ4v) is 3.15. The maximum absolute atomic E-state index is 12.4. The number of carbonyl (C=O) groups excluding carboxylic acids is 1. The SMILES string of the molecule is CN(C(=O)NC1=CCCC=C1)c1cccc(C2CCCNC2)c1. The number of benzene rings is 1. The zero-order valence-electron chi connectivity index (χ0n) is 13.7. The Balaban J connectivity index is 1.68. The van der Waals surface area contributed by atoms with Crippen LogP contribution in [0.1, 0.15) is 37.2 Å². The molecule has 1 fully saturated rings. The Hall–Kier alpha value is -2.07. The van der Waals surface area contributed by atoms with Gasteiger partial charge in [0.2, 0.25) is 0 Å². The molecule has 4 heteroatoms. The number of anilines is 1. The van der Waals surface area contributed by atoms with E-state index in [0.29, 0.717) is 5.92 Å². The number of piperidine rings is 1. The number of rotatable bonds is 3. The van der Waals surface area contributed by atoms with Crippen LogP contribution in [0.4, 0.5) is 10.5 Å². The number of hydrogen-bond acceptors (Lipinski definition) is 2. The Morgan fingerprint density at radius 3 is 3.00 bits per heavy atom. The lowest BCUT2D eigenvalue weighted by Crippen LogP contribution is -2.36. The molecule has 2 N–H and O–H groups in total. The molecular weight excluding hydrogens is 286 g/mol. The maximum atomic E-state index is 12.4. The summed E-state index contributed by atoms with van der Waals surface area (Å²) in [5.74, 6) is 0.546. The van der Waals surface area contributed by atoms with Crippen LogP contribution < -0.4 is 15.5 Å². The van der Waals surface area contributed by atoms with Crippen LogP contribution in [0.2, 0.25) is 0 Å². The summed E-state index contributed by atoms with van der Waals surface area (Å²) < 4.78 is 0. The molecule has 0 bridgehead atoms. The predicted molar refractivity (Wildman–Crippen MR) is 94.7 cm³/mol. The normalized spacial score (nSPS) is 20.7. The molecule has 1 aromatic carbocycles. The molecular formula is C19H25N3O. The monoisotopic (exact) mass is 311 g/mol. The van der Waals surface area contributed by atoms with Gasteiger partial charge in [0.15, 0.2) is 0 Å². The zero-order chi connectivity index (χ0) is 16.1. The Morgan fingerprint density at radius 1 is 1.35 bits per heavy atom. The molecule has 23 heavy (non-hydrogen) atoms. The van der Waals surface area contributed by atoms with Crippen molar-refractivity contribution in [2.45, 2.75) is 31.6 Å². The lowest BCUT2D eigenvalue weighted by molar-refractivity contribution is 0.250. The van der Waals surface area contributed by atoms with Gasteiger partial charge >= 0.3 is 6.03 Å². The minimum Gasteiger partial charge on any atom is -0.316 e. The van der Waals surface area contributed by atoms with Crippen LogP contribution in [0.3, 0.4) is 0 Å². The molecule has 1 heterocycles. The van der Waals surface area contributed by atoms with Crippen molar-refractivity contribution in [3.63, 3.8) is 0 Å². The second-order valence-corrected chi connectivity index (χ2v) is 6.27. The highest BCUT2D eigenvalue weighted by molar-refractivity contribution is 5.92. The topological polar surface area (TPSA) is 44.4 Å². The van der Waals surface area contributed by atoms with E-state index in [4.69, 9.17) is 0 Å². The summed E-state index contributed by atoms with van der Waals surface area (Å²) in [6.45, 7) is 2.14. The van der Waals surface area contributed by atoms with Crippen LogP contribution in [-0.2, 0) is 0 Å². The van der Waals surface area contributed by atoms with Gasteiger partial charge in [-0.3, -0.25) is 4.90 Å². The largest absolute Gasteiger partial charge is 0.326 e. The van der Waals surface area contributed by atoms with Crippen molar-refractivity contribution < 1.29 is 4.79 Å². The van der Waals surface area contributed by atoms with Crippen molar-refractivity contribution in [3.8, 4) is 0 Å². The van der Waals surface area contributed by atoms with Crippen molar-refractivity contribution >= 4 is 11.7 Å². The van der Waals surface area contributed by atoms with Gasteiger partial charge in [-0.25, -0.2) is 4.79 Å². The first kappa shape index (κ1) is 15.8. The van der Waals surface area contributed by atoms with Crippen molar-refractivity contribution in [2.75, 3.05) is 25.0 Å². The molecule has 2 amide bonds. The Kier molecular flexibility index (Phi) is 5.13. The number of amides is 2. The third-order valence-corrected chi connectivity index (χ3v) is 4.58. The van der Waals surface area contributed by atoms with Crippen LogP contribution >= 0.6 is 0 Å². The molecule has 1 aliphatic carbocycles. The minimum absolute atomic E-state index is 0.0956. The van der Waals surface area contributed by atoms with Gasteiger partial charge in [0.1, 0.15) is 0 Å². The molecule has 2 aliphatic rings. The van der Waals surface area contributed by atoms with Gasteiger partial charge in [-0.05, 0) is 61.9 Å². The van der Waals surface area contributed by atoms with E-state index in [1.807, 2.05) is 25.3 Å². The van der Waals surface area contributed by atoms with E-state index >= 15 is 0 Å². The van der Waals surface area contributed by atoms with E-state index in [0.717, 1.165) is 37.3 Å². The van der Waals surface area contributed by atoms with Crippen LogP contribution in [0.25, 0.3) is 0 Å². The third-order valence-electron chi connectivity index (χ3n) is 4.58. The highest BCUT2D eigenvalue weighted by Gasteiger charge is 2.17. The highest BCUT2D eigenvalue weighted by Crippen LogP contribution is 2.26. The Bertz CT molecular complexity index is 615. The van der Waals surface area contributed by atoms with Gasteiger partial charge in [-0.2, -0.15) is 0 Å². The second-order valence-electron chi connectivity index (χ2n) is 6.27. The number of nitrogens with one attached hydrogen (secondary N) is 2. The molecule has 3 rings (SSSR count). The molecule has 4 nitrogen and oxygen atoms in total. The molecule has 1 aromatic rings. The summed E-state index contributed by atoms with van der Waals surface area (Å²) in [5, 5.41) is 6.42. The first-order valence-electron chi connectivity index (χ1n) is 8.46. The molecule has 122 valence electrons. The predicted octanol–water partition coefficient (Wildman–Crippen LogP) is 3.53. The minimum atomic E-state index is -0.0956. The maximum Gasteiger partial charge on any atom is 0.326 e. The van der Waals surface area contributed by atoms with Crippen LogP contribution in [0.15, 0.2) is 48.2 Å². The van der Waals surface area contributed by atoms with Crippen molar-refractivity contribution in [2.24, 2.45) is 0 Å². The summed E-state index contributed by atoms with van der Waals surface area (Å²) in [6, 6.07) is 8.25. The van der Waals surface area contributed by atoms with Crippen molar-refractivity contribution in [1.29, 1.82) is 0 Å². The molecule has 1 saturated heterocycles. The Morgan fingerprint density at radius 2 is 2.26 bits per heavy atom. The number of allylic oxidation sites excluding steroid dienone is 3. The van der Waals surface area contributed by atoms with Crippen LogP contribution in [0, 0.1) is 0 Å². The fraction of sp³-hybridized carbons (Fsp3) is 0.421. The van der Waals surface area contributed by atoms with Crippen molar-refractivity contribution in [3.05, 3.63) is 53.8 Å². The van der Waals surface area contributed by atoms with Gasteiger partial charge in [-0.15, -0.1) is 0 Å². The van der Waals surface area contributed by atoms with Gasteiger partial charge in [0.25, 0.3) is 0 Å². The molecule has 0 radical (unpaired) electrons. The smallest absolute Gasteiger partial charge is 0.316 e. The average molecular weight is 311 g/mol. The number of nitrogens with zero attached hydrogens (tertiary/aromatic N) is 1. The molecule has 0 aromatic heterocycles. The van der Waals surface area contributed by atoms with Crippen LogP contribution in [0.5, 0.6) is 0 Å². The summed E-state index contributed by atoms with van der Waals surface area (Å²) in [7, 11) is 1.82. The van der Waals surface area contributed by atoms with Gasteiger partial charge in [0, 0.05) is 25.0 Å². The van der Waals surface area contributed by atoms with Gasteiger partial charge < -0.3 is 10.6 Å². The fourth-order valence-electron chi connectivity index (χ4n) is 3.15. The first-order valence-corrected chi connectivity index (χ1v) is 8.46. The molecule has 1 aliphatic heterocycles. The summed E-state index contributed by atoms with van der Waals surface area (Å²) in [6.07, 6.45) is 10.6. The summed E-state index contributed by atoms with van der Waals surface area (Å²) in [5.41, 5.74) is 3.14. The third kappa shape index (κ3) is 4.02. The van der Waals surface area contributed by atoms with Gasteiger partial charge in [-0.1, -0.05) is 24.3 Å². The zero-order valence-corrected chi connectivity index (χ0v) is 13.7. The van der Waals surface area contributed by atoms with Crippen LogP contribution in [-0.4, -0.2) is 26.2 Å². The molecule has 1 atom stereocenters.